The predicted molar refractivity (Wildman–Crippen MR) is 95.6 cm³/mol. The zero-order valence-electron chi connectivity index (χ0n) is 15.1. The first-order valence-corrected chi connectivity index (χ1v) is 12.2. The lowest BCUT2D eigenvalue weighted by Crippen LogP contribution is -2.41. The molecule has 1 aliphatic heterocycles. The van der Waals surface area contributed by atoms with Crippen molar-refractivity contribution in [1.29, 1.82) is 0 Å². The van der Waals surface area contributed by atoms with E-state index >= 15 is 0 Å². The van der Waals surface area contributed by atoms with Gasteiger partial charge in [-0.3, -0.25) is 0 Å². The minimum absolute atomic E-state index is 0.778. The summed E-state index contributed by atoms with van der Waals surface area (Å²) < 4.78 is 111. The molecule has 1 saturated heterocycles. The van der Waals surface area contributed by atoms with Gasteiger partial charge >= 0.3 is 11.0 Å². The smallest absolute Gasteiger partial charge is 0.421 e. The first-order valence-electron chi connectivity index (χ1n) is 8.24. The normalized spacial score (nSPS) is 17.9. The van der Waals surface area contributed by atoms with E-state index in [2.05, 4.69) is 23.0 Å². The summed E-state index contributed by atoms with van der Waals surface area (Å²) in [5, 5.41) is 1.18. The molecule has 0 aromatic heterocycles. The molecule has 0 amide bonds. The SMILES string of the molecule is C[N+]1(CCCCCCBr)CCCC1.O=S(=O)([N-]S(=O)(=O)C(F)(F)F)C(F)(F)F. The summed E-state index contributed by atoms with van der Waals surface area (Å²) in [6, 6.07) is 0. The Morgan fingerprint density at radius 2 is 1.21 bits per heavy atom. The second-order valence-electron chi connectivity index (χ2n) is 6.52. The van der Waals surface area contributed by atoms with Gasteiger partial charge < -0.3 is 8.61 Å². The molecule has 0 radical (unpaired) electrons. The van der Waals surface area contributed by atoms with Crippen molar-refractivity contribution in [3.05, 3.63) is 4.13 Å². The lowest BCUT2D eigenvalue weighted by atomic mass is 10.2. The third-order valence-electron chi connectivity index (χ3n) is 4.01. The van der Waals surface area contributed by atoms with Gasteiger partial charge in [-0.25, -0.2) is 16.8 Å². The minimum atomic E-state index is -6.72. The van der Waals surface area contributed by atoms with Gasteiger partial charge in [0.25, 0.3) is 0 Å². The van der Waals surface area contributed by atoms with Gasteiger partial charge in [0, 0.05) is 18.2 Å². The Balaban J connectivity index is 0.000000525. The molecule has 170 valence electrons. The van der Waals surface area contributed by atoms with Gasteiger partial charge in [-0.15, -0.1) is 0 Å². The first kappa shape index (κ1) is 27.9. The van der Waals surface area contributed by atoms with Crippen LogP contribution in [0.5, 0.6) is 0 Å². The maximum atomic E-state index is 11.4. The number of nitrogens with zero attached hydrogens (tertiary/aromatic N) is 2. The number of alkyl halides is 7. The average Bonchev–Trinajstić information content (AvgIpc) is 2.91. The molecule has 0 aliphatic carbocycles. The molecule has 1 rings (SSSR count). The maximum absolute atomic E-state index is 11.4. The van der Waals surface area contributed by atoms with Gasteiger partial charge in [-0.2, -0.15) is 26.3 Å². The van der Waals surface area contributed by atoms with Crippen LogP contribution in [0.15, 0.2) is 0 Å². The van der Waals surface area contributed by atoms with Gasteiger partial charge in [-0.1, -0.05) is 22.4 Å². The number of quaternary nitrogens is 1. The van der Waals surface area contributed by atoms with Gasteiger partial charge in [0.15, 0.2) is 20.0 Å². The minimum Gasteiger partial charge on any atom is -0.421 e. The van der Waals surface area contributed by atoms with E-state index in [4.69, 9.17) is 0 Å². The monoisotopic (exact) mass is 528 g/mol. The van der Waals surface area contributed by atoms with E-state index in [9.17, 15) is 43.2 Å². The van der Waals surface area contributed by atoms with Crippen molar-refractivity contribution < 1.29 is 47.7 Å². The van der Waals surface area contributed by atoms with Crippen LogP contribution < -0.4 is 0 Å². The highest BCUT2D eigenvalue weighted by atomic mass is 79.9. The van der Waals surface area contributed by atoms with Crippen LogP contribution in [0, 0.1) is 0 Å². The number of hydrogen-bond acceptors (Lipinski definition) is 4. The van der Waals surface area contributed by atoms with Crippen LogP contribution >= 0.6 is 15.9 Å². The zero-order valence-corrected chi connectivity index (χ0v) is 18.3. The van der Waals surface area contributed by atoms with Crippen molar-refractivity contribution in [2.75, 3.05) is 32.0 Å². The van der Waals surface area contributed by atoms with Crippen molar-refractivity contribution in [1.82, 2.24) is 0 Å². The fraction of sp³-hybridized carbons (Fsp3) is 1.00. The van der Waals surface area contributed by atoms with Crippen molar-refractivity contribution in [3.63, 3.8) is 0 Å². The van der Waals surface area contributed by atoms with Gasteiger partial charge in [-0.05, 0) is 19.3 Å². The third-order valence-corrected chi connectivity index (χ3v) is 7.31. The summed E-state index contributed by atoms with van der Waals surface area (Å²) in [4.78, 5) is 0. The van der Waals surface area contributed by atoms with E-state index in [-0.39, 0.29) is 0 Å². The highest BCUT2D eigenvalue weighted by Crippen LogP contribution is 2.36. The van der Waals surface area contributed by atoms with Crippen molar-refractivity contribution in [2.24, 2.45) is 0 Å². The van der Waals surface area contributed by atoms with Crippen molar-refractivity contribution >= 4 is 36.0 Å². The Morgan fingerprint density at radius 1 is 0.821 bits per heavy atom. The molecular formula is C13H23BrF6N2O4S2. The summed E-state index contributed by atoms with van der Waals surface area (Å²) in [5.41, 5.74) is -12.4. The Kier molecular flexibility index (Phi) is 10.7. The number of likely N-dealkylation sites (tertiary alicyclic amines) is 1. The van der Waals surface area contributed by atoms with Crippen LogP contribution in [-0.2, 0) is 20.0 Å². The average molecular weight is 529 g/mol. The van der Waals surface area contributed by atoms with Gasteiger partial charge in [0.2, 0.25) is 0 Å². The van der Waals surface area contributed by atoms with Crippen LogP contribution in [0.2, 0.25) is 0 Å². The van der Waals surface area contributed by atoms with Crippen molar-refractivity contribution in [3.8, 4) is 0 Å². The lowest BCUT2D eigenvalue weighted by Gasteiger charge is -2.29. The predicted octanol–water partition coefficient (Wildman–Crippen LogP) is 4.24. The molecule has 1 heterocycles. The molecule has 0 unspecified atom stereocenters. The summed E-state index contributed by atoms with van der Waals surface area (Å²) in [5.74, 6) is 0. The number of rotatable bonds is 8. The summed E-state index contributed by atoms with van der Waals surface area (Å²) in [7, 11) is -11.0. The van der Waals surface area contributed by atoms with Crippen LogP contribution in [0.25, 0.3) is 4.13 Å². The Labute approximate surface area is 169 Å². The van der Waals surface area contributed by atoms with Crippen LogP contribution in [0.1, 0.15) is 38.5 Å². The topological polar surface area (TPSA) is 82.4 Å². The second kappa shape index (κ2) is 10.8. The molecule has 0 saturated carbocycles. The van der Waals surface area contributed by atoms with Crippen LogP contribution in [0.4, 0.5) is 26.3 Å². The highest BCUT2D eigenvalue weighted by molar-refractivity contribution is 9.09. The van der Waals surface area contributed by atoms with Gasteiger partial charge in [0.05, 0.1) is 26.7 Å². The van der Waals surface area contributed by atoms with E-state index in [1.165, 1.54) is 68.0 Å². The summed E-state index contributed by atoms with van der Waals surface area (Å²) in [6.45, 7) is 4.28. The first-order chi connectivity index (χ1) is 12.5. The lowest BCUT2D eigenvalue weighted by molar-refractivity contribution is -0.897. The molecule has 0 atom stereocenters. The number of halogens is 7. The van der Waals surface area contributed by atoms with Gasteiger partial charge in [0.1, 0.15) is 0 Å². The Bertz CT molecular complexity index is 632. The fourth-order valence-electron chi connectivity index (χ4n) is 2.48. The Morgan fingerprint density at radius 3 is 1.57 bits per heavy atom. The summed E-state index contributed by atoms with van der Waals surface area (Å²) in [6.07, 6.45) is 8.54. The molecule has 28 heavy (non-hydrogen) atoms. The largest absolute Gasteiger partial charge is 0.480 e. The van der Waals surface area contributed by atoms with E-state index in [1.807, 2.05) is 0 Å². The standard InChI is InChI=1S/C11H23BrN.C2F6NO4S2/c1-13(10-6-7-11-13)9-5-3-2-4-8-12;3-1(4,5)14(10,11)9-15(12,13)2(6,7)8/h2-11H2,1H3;/q+1;-1. The highest BCUT2D eigenvalue weighted by Gasteiger charge is 2.46. The fourth-order valence-corrected chi connectivity index (χ4v) is 4.58. The quantitative estimate of drug-likeness (QED) is 0.204. The molecule has 0 bridgehead atoms. The molecule has 1 fully saturated rings. The molecule has 0 N–H and O–H groups in total. The van der Waals surface area contributed by atoms with Crippen LogP contribution in [0.3, 0.4) is 0 Å². The van der Waals surface area contributed by atoms with E-state index < -0.39 is 31.1 Å². The summed E-state index contributed by atoms with van der Waals surface area (Å²) >= 11 is 3.47. The third kappa shape index (κ3) is 9.59. The van der Waals surface area contributed by atoms with Crippen LogP contribution in [-0.4, -0.2) is 64.3 Å². The number of hydrogen-bond donors (Lipinski definition) is 0. The number of sulfonamides is 2. The molecular weight excluding hydrogens is 506 g/mol. The molecule has 1 aliphatic rings. The molecule has 0 aromatic rings. The molecule has 0 aromatic carbocycles. The molecule has 0 spiro atoms. The molecule has 6 nitrogen and oxygen atoms in total. The van der Waals surface area contributed by atoms with Crippen molar-refractivity contribution in [2.45, 2.75) is 49.5 Å². The molecule has 15 heteroatoms. The van der Waals surface area contributed by atoms with E-state index in [1.54, 1.807) is 0 Å². The Hall–Kier alpha value is -0.120. The second-order valence-corrected chi connectivity index (χ2v) is 10.7. The number of unbranched alkanes of at least 4 members (excludes halogenated alkanes) is 3. The zero-order chi connectivity index (χ0) is 22.3. The van der Waals surface area contributed by atoms with E-state index in [0.717, 1.165) is 4.13 Å². The maximum Gasteiger partial charge on any atom is 0.480 e. The van der Waals surface area contributed by atoms with E-state index in [0.29, 0.717) is 0 Å².